The SMILES string of the molecule is N#CCc1ccc(C2CO2)cc1. The number of hydrogen-bond donors (Lipinski definition) is 0. The molecule has 1 aliphatic heterocycles. The zero-order valence-corrected chi connectivity index (χ0v) is 6.66. The third kappa shape index (κ3) is 1.46. The van der Waals surface area contributed by atoms with Gasteiger partial charge in [0.1, 0.15) is 6.10 Å². The van der Waals surface area contributed by atoms with Crippen LogP contribution in [0.25, 0.3) is 0 Å². The first-order valence-electron chi connectivity index (χ1n) is 3.97. The Kier molecular flexibility index (Phi) is 1.81. The Labute approximate surface area is 71.4 Å². The normalized spacial score (nSPS) is 20.1. The molecule has 0 aliphatic carbocycles. The van der Waals surface area contributed by atoms with E-state index < -0.39 is 0 Å². The standard InChI is InChI=1S/C10H9NO/c11-6-5-8-1-3-9(4-2-8)10-7-12-10/h1-4,10H,5,7H2. The molecule has 1 atom stereocenters. The summed E-state index contributed by atoms with van der Waals surface area (Å²) in [5.41, 5.74) is 2.29. The molecule has 1 aromatic carbocycles. The summed E-state index contributed by atoms with van der Waals surface area (Å²) in [6, 6.07) is 10.2. The van der Waals surface area contributed by atoms with Gasteiger partial charge in [0, 0.05) is 0 Å². The van der Waals surface area contributed by atoms with Gasteiger partial charge in [0.2, 0.25) is 0 Å². The summed E-state index contributed by atoms with van der Waals surface area (Å²) in [7, 11) is 0. The van der Waals surface area contributed by atoms with Crippen LogP contribution in [0.1, 0.15) is 17.2 Å². The predicted molar refractivity (Wildman–Crippen MR) is 44.5 cm³/mol. The lowest BCUT2D eigenvalue weighted by Crippen LogP contribution is -1.83. The fourth-order valence-electron chi connectivity index (χ4n) is 1.18. The zero-order chi connectivity index (χ0) is 8.39. The van der Waals surface area contributed by atoms with Crippen LogP contribution in [0.3, 0.4) is 0 Å². The molecular weight excluding hydrogens is 150 g/mol. The Morgan fingerprint density at radius 1 is 1.42 bits per heavy atom. The highest BCUT2D eigenvalue weighted by Crippen LogP contribution is 2.29. The lowest BCUT2D eigenvalue weighted by atomic mass is 10.1. The molecule has 1 aliphatic rings. The van der Waals surface area contributed by atoms with E-state index in [-0.39, 0.29) is 0 Å². The fraction of sp³-hybridized carbons (Fsp3) is 0.300. The molecule has 0 aromatic heterocycles. The highest BCUT2D eigenvalue weighted by Gasteiger charge is 2.23. The molecule has 1 unspecified atom stereocenters. The van der Waals surface area contributed by atoms with Gasteiger partial charge in [0.15, 0.2) is 0 Å². The van der Waals surface area contributed by atoms with E-state index in [0.717, 1.165) is 12.2 Å². The largest absolute Gasteiger partial charge is 0.368 e. The Morgan fingerprint density at radius 3 is 2.58 bits per heavy atom. The van der Waals surface area contributed by atoms with E-state index in [1.54, 1.807) is 0 Å². The molecule has 60 valence electrons. The number of hydrogen-bond acceptors (Lipinski definition) is 2. The maximum Gasteiger partial charge on any atom is 0.106 e. The van der Waals surface area contributed by atoms with Crippen LogP contribution < -0.4 is 0 Å². The number of rotatable bonds is 2. The van der Waals surface area contributed by atoms with E-state index in [2.05, 4.69) is 6.07 Å². The van der Waals surface area contributed by atoms with Crippen LogP contribution in [-0.2, 0) is 11.2 Å². The van der Waals surface area contributed by atoms with Crippen molar-refractivity contribution < 1.29 is 4.74 Å². The maximum absolute atomic E-state index is 8.44. The van der Waals surface area contributed by atoms with Gasteiger partial charge in [-0.3, -0.25) is 0 Å². The molecule has 0 N–H and O–H groups in total. The molecule has 2 heteroatoms. The topological polar surface area (TPSA) is 36.3 Å². The van der Waals surface area contributed by atoms with Gasteiger partial charge in [-0.05, 0) is 11.1 Å². The summed E-state index contributed by atoms with van der Waals surface area (Å²) < 4.78 is 5.13. The fourth-order valence-corrected chi connectivity index (χ4v) is 1.18. The summed E-state index contributed by atoms with van der Waals surface area (Å²) in [5.74, 6) is 0. The Hall–Kier alpha value is -1.33. The summed E-state index contributed by atoms with van der Waals surface area (Å²) in [5, 5.41) is 8.44. The average molecular weight is 159 g/mol. The maximum atomic E-state index is 8.44. The second-order valence-electron chi connectivity index (χ2n) is 2.90. The molecular formula is C10H9NO. The van der Waals surface area contributed by atoms with E-state index in [0.29, 0.717) is 12.5 Å². The van der Waals surface area contributed by atoms with Gasteiger partial charge in [-0.25, -0.2) is 0 Å². The zero-order valence-electron chi connectivity index (χ0n) is 6.66. The minimum atomic E-state index is 0.320. The van der Waals surface area contributed by atoms with E-state index in [4.69, 9.17) is 10.00 Å². The smallest absolute Gasteiger partial charge is 0.106 e. The number of nitriles is 1. The van der Waals surface area contributed by atoms with E-state index in [9.17, 15) is 0 Å². The molecule has 2 rings (SSSR count). The number of ether oxygens (including phenoxy) is 1. The number of nitrogens with zero attached hydrogens (tertiary/aromatic N) is 1. The first-order valence-corrected chi connectivity index (χ1v) is 3.97. The first-order chi connectivity index (χ1) is 5.90. The molecule has 0 radical (unpaired) electrons. The van der Waals surface area contributed by atoms with Crippen LogP contribution in [0.5, 0.6) is 0 Å². The third-order valence-electron chi connectivity index (χ3n) is 1.97. The predicted octanol–water partition coefficient (Wildman–Crippen LogP) is 1.82. The quantitative estimate of drug-likeness (QED) is 0.617. The van der Waals surface area contributed by atoms with Crippen molar-refractivity contribution >= 4 is 0 Å². The van der Waals surface area contributed by atoms with Crippen molar-refractivity contribution in [1.29, 1.82) is 5.26 Å². The van der Waals surface area contributed by atoms with Gasteiger partial charge in [0.05, 0.1) is 19.1 Å². The van der Waals surface area contributed by atoms with E-state index in [1.807, 2.05) is 24.3 Å². The van der Waals surface area contributed by atoms with Crippen LogP contribution >= 0.6 is 0 Å². The van der Waals surface area contributed by atoms with E-state index >= 15 is 0 Å². The average Bonchev–Trinajstić information content (AvgIpc) is 2.89. The lowest BCUT2D eigenvalue weighted by molar-refractivity contribution is 0.415. The van der Waals surface area contributed by atoms with E-state index in [1.165, 1.54) is 5.56 Å². The van der Waals surface area contributed by atoms with Crippen LogP contribution in [0.15, 0.2) is 24.3 Å². The van der Waals surface area contributed by atoms with Crippen LogP contribution in [0.4, 0.5) is 0 Å². The van der Waals surface area contributed by atoms with Crippen molar-refractivity contribution in [3.05, 3.63) is 35.4 Å². The molecule has 0 spiro atoms. The monoisotopic (exact) mass is 159 g/mol. The molecule has 1 fully saturated rings. The molecule has 1 heterocycles. The minimum absolute atomic E-state index is 0.320. The van der Waals surface area contributed by atoms with Gasteiger partial charge >= 0.3 is 0 Å². The van der Waals surface area contributed by atoms with Crippen molar-refractivity contribution in [2.75, 3.05) is 6.61 Å². The summed E-state index contributed by atoms with van der Waals surface area (Å²) in [4.78, 5) is 0. The Morgan fingerprint density at radius 2 is 2.08 bits per heavy atom. The van der Waals surface area contributed by atoms with Gasteiger partial charge < -0.3 is 4.74 Å². The number of benzene rings is 1. The molecule has 1 aromatic rings. The van der Waals surface area contributed by atoms with Gasteiger partial charge in [-0.15, -0.1) is 0 Å². The number of epoxide rings is 1. The van der Waals surface area contributed by atoms with Gasteiger partial charge in [-0.1, -0.05) is 24.3 Å². The summed E-state index contributed by atoms with van der Waals surface area (Å²) in [6.45, 7) is 0.845. The molecule has 0 saturated carbocycles. The first kappa shape index (κ1) is 7.33. The minimum Gasteiger partial charge on any atom is -0.368 e. The van der Waals surface area contributed by atoms with Gasteiger partial charge in [0.25, 0.3) is 0 Å². The lowest BCUT2D eigenvalue weighted by Gasteiger charge is -1.96. The van der Waals surface area contributed by atoms with Crippen LogP contribution in [0, 0.1) is 11.3 Å². The Bertz CT molecular complexity index is 306. The molecule has 1 saturated heterocycles. The van der Waals surface area contributed by atoms with Crippen LogP contribution in [0.2, 0.25) is 0 Å². The second kappa shape index (κ2) is 2.96. The van der Waals surface area contributed by atoms with Crippen molar-refractivity contribution in [3.63, 3.8) is 0 Å². The highest BCUT2D eigenvalue weighted by molar-refractivity contribution is 5.27. The van der Waals surface area contributed by atoms with Crippen molar-refractivity contribution in [1.82, 2.24) is 0 Å². The molecule has 2 nitrogen and oxygen atoms in total. The van der Waals surface area contributed by atoms with Crippen LogP contribution in [-0.4, -0.2) is 6.61 Å². The Balaban J connectivity index is 2.14. The second-order valence-corrected chi connectivity index (χ2v) is 2.90. The van der Waals surface area contributed by atoms with Gasteiger partial charge in [-0.2, -0.15) is 5.26 Å². The van der Waals surface area contributed by atoms with Crippen molar-refractivity contribution in [2.24, 2.45) is 0 Å². The molecule has 0 bridgehead atoms. The molecule has 12 heavy (non-hydrogen) atoms. The summed E-state index contributed by atoms with van der Waals surface area (Å²) in [6.07, 6.45) is 0.812. The third-order valence-corrected chi connectivity index (χ3v) is 1.97. The van der Waals surface area contributed by atoms with Crippen molar-refractivity contribution in [3.8, 4) is 6.07 Å². The highest BCUT2D eigenvalue weighted by atomic mass is 16.6. The molecule has 0 amide bonds. The summed E-state index contributed by atoms with van der Waals surface area (Å²) >= 11 is 0. The van der Waals surface area contributed by atoms with Crippen molar-refractivity contribution in [2.45, 2.75) is 12.5 Å².